The van der Waals surface area contributed by atoms with E-state index in [4.69, 9.17) is 42.6 Å². The number of pyridine rings is 10. The van der Waals surface area contributed by atoms with E-state index in [0.29, 0.717) is 10.0 Å². The molecule has 0 aliphatic rings. The van der Waals surface area contributed by atoms with Gasteiger partial charge in [0, 0.05) is 155 Å². The van der Waals surface area contributed by atoms with E-state index >= 15 is 0 Å². The molecule has 10 aromatic heterocycles. The molecule has 4 aromatic carbocycles. The molecule has 99 heavy (non-hydrogen) atoms. The Morgan fingerprint density at radius 2 is 0.515 bits per heavy atom. The van der Waals surface area contributed by atoms with Crippen molar-refractivity contribution in [2.24, 2.45) is 0 Å². The number of anilines is 2. The molecule has 0 aliphatic carbocycles. The van der Waals surface area contributed by atoms with Gasteiger partial charge in [-0.05, 0) is 117 Å². The number of hydrogen-bond acceptors (Lipinski definition) is 6. The fourth-order valence-corrected chi connectivity index (χ4v) is 13.4. The first-order valence-electron chi connectivity index (χ1n) is 34.3. The normalized spacial score (nSPS) is 11.4. The van der Waals surface area contributed by atoms with Gasteiger partial charge in [0.05, 0.1) is 66.9 Å². The Morgan fingerprint density at radius 3 is 0.758 bits per heavy atom. The average molecular weight is 1350 g/mol. The van der Waals surface area contributed by atoms with Crippen LogP contribution < -0.4 is 56.6 Å². The lowest BCUT2D eigenvalue weighted by Crippen LogP contribution is -2.38. The van der Waals surface area contributed by atoms with Gasteiger partial charge < -0.3 is 20.1 Å². The first kappa shape index (κ1) is 65.5. The minimum Gasteiger partial charge on any atom is -0.497 e. The molecular formula is C83H82Cl2N12O2+8. The quantitative estimate of drug-likeness (QED) is 0.0288. The molecule has 0 aliphatic heterocycles. The molecule has 0 radical (unpaired) electrons. The fourth-order valence-electron chi connectivity index (χ4n) is 13.1. The number of nitrogens with one attached hydrogen (secondary N) is 2. The van der Waals surface area contributed by atoms with Crippen molar-refractivity contribution in [2.75, 3.05) is 37.9 Å². The number of hydrogen-bond donors (Lipinski definition) is 2. The summed E-state index contributed by atoms with van der Waals surface area (Å²) in [6, 6.07) is 59.2. The lowest BCUT2D eigenvalue weighted by atomic mass is 10.1. The molecule has 0 fully saturated rings. The van der Waals surface area contributed by atoms with Crippen LogP contribution in [0.25, 0.3) is 88.1 Å². The standard InChI is InChI=1S/C83H82Cl2N12O2/c1-98-72-10-14-78-76(60-72)82(74-12-8-70(84)58-80(74)88-78)86-32-3-34-90-42-16-62(17-43-90)64-20-46-92(47-21-64)36-5-38-94-50-24-66(25-51-94)68-28-54-96(55-29-68)40-7-41-97-56-30-69(31-57-97)67-26-52-95(53-27-67)39-6-37-93-48-22-65(23-49-93)63-18-44-91(45-19-63)35-4-33-87-83-75-13-9-71(85)59-81(75)89-79-15-11-73(99-2)61-77(79)83/h8-31,42-61H,3-7,32-41H2,1-2H3,(H,86,88)(H,87,89)/q+8. The summed E-state index contributed by atoms with van der Waals surface area (Å²) in [4.78, 5) is 9.74. The number of rotatable bonds is 28. The lowest BCUT2D eigenvalue weighted by Gasteiger charge is -2.14. The number of methoxy groups -OCH3 is 2. The van der Waals surface area contributed by atoms with Gasteiger partial charge in [0.2, 0.25) is 0 Å². The number of aryl methyl sites for hydroxylation is 8. The van der Waals surface area contributed by atoms with Gasteiger partial charge in [-0.25, -0.2) is 46.5 Å². The molecule has 0 bridgehead atoms. The first-order chi connectivity index (χ1) is 48.7. The molecule has 0 saturated carbocycles. The molecule has 14 rings (SSSR count). The summed E-state index contributed by atoms with van der Waals surface area (Å²) in [5.41, 5.74) is 15.4. The Hall–Kier alpha value is -10.8. The largest absolute Gasteiger partial charge is 0.497 e. The monoisotopic (exact) mass is 1350 g/mol. The van der Waals surface area contributed by atoms with Gasteiger partial charge in [-0.2, -0.15) is 0 Å². The van der Waals surface area contributed by atoms with Crippen molar-refractivity contribution in [2.45, 2.75) is 84.5 Å². The van der Waals surface area contributed by atoms with Crippen molar-refractivity contribution in [3.8, 4) is 56.0 Å². The van der Waals surface area contributed by atoms with Crippen LogP contribution in [0.4, 0.5) is 11.4 Å². The molecule has 0 saturated heterocycles. The number of nitrogens with zero attached hydrogens (tertiary/aromatic N) is 10. The van der Waals surface area contributed by atoms with Crippen molar-refractivity contribution in [3.05, 3.63) is 279 Å². The molecular weight excluding hydrogens is 1270 g/mol. The zero-order chi connectivity index (χ0) is 67.3. The second-order valence-electron chi connectivity index (χ2n) is 25.3. The third-order valence-corrected chi connectivity index (χ3v) is 19.1. The maximum absolute atomic E-state index is 6.35. The number of fused-ring (bicyclic) bond motifs is 4. The van der Waals surface area contributed by atoms with E-state index in [1.165, 1.54) is 44.5 Å². The number of aromatic nitrogens is 10. The minimum atomic E-state index is 0.674. The Labute approximate surface area is 588 Å². The van der Waals surface area contributed by atoms with Gasteiger partial charge in [-0.1, -0.05) is 23.2 Å². The summed E-state index contributed by atoms with van der Waals surface area (Å²) < 4.78 is 29.3. The van der Waals surface area contributed by atoms with Crippen LogP contribution in [-0.4, -0.2) is 37.3 Å². The summed E-state index contributed by atoms with van der Waals surface area (Å²) in [7, 11) is 3.38. The van der Waals surface area contributed by atoms with Gasteiger partial charge in [-0.15, -0.1) is 0 Å². The van der Waals surface area contributed by atoms with E-state index in [1.54, 1.807) is 14.2 Å². The lowest BCUT2D eigenvalue weighted by molar-refractivity contribution is -0.727. The Kier molecular flexibility index (Phi) is 20.6. The van der Waals surface area contributed by atoms with Gasteiger partial charge >= 0.3 is 0 Å². The van der Waals surface area contributed by atoms with E-state index in [2.05, 4.69) is 243 Å². The molecule has 10 heterocycles. The van der Waals surface area contributed by atoms with E-state index in [-0.39, 0.29) is 0 Å². The zero-order valence-corrected chi connectivity index (χ0v) is 57.6. The molecule has 16 heteroatoms. The SMILES string of the molecule is COc1ccc2nc3cc(Cl)ccc3c(NCCC[n+]3ccc(-c4cc[n+](CCC[n+]5ccc(-c6cc[n+](CCC[n+]7ccc(-c8cc[n+](CCC[n+]9ccc(-c%10cc[n+](CCCNc%11c%12ccc(Cl)cc%12nc%12ccc(OC)cc%11%12)cc%10)cc9)cc8)cc7)cc6)cc5)cc4)cc3)c2c1. The summed E-state index contributed by atoms with van der Waals surface area (Å²) in [5, 5.41) is 12.9. The van der Waals surface area contributed by atoms with Crippen LogP contribution in [0.5, 0.6) is 11.5 Å². The summed E-state index contributed by atoms with van der Waals surface area (Å²) in [6.45, 7) is 9.08. The van der Waals surface area contributed by atoms with Crippen LogP contribution in [0.3, 0.4) is 0 Å². The van der Waals surface area contributed by atoms with Crippen LogP contribution >= 0.6 is 23.2 Å². The highest BCUT2D eigenvalue weighted by Crippen LogP contribution is 2.36. The van der Waals surface area contributed by atoms with Crippen molar-refractivity contribution in [3.63, 3.8) is 0 Å². The second kappa shape index (κ2) is 31.2. The van der Waals surface area contributed by atoms with Crippen molar-refractivity contribution >= 4 is 78.2 Å². The molecule has 492 valence electrons. The van der Waals surface area contributed by atoms with Crippen molar-refractivity contribution < 1.29 is 46.0 Å². The molecule has 0 atom stereocenters. The van der Waals surface area contributed by atoms with Gasteiger partial charge in [0.15, 0.2) is 138 Å². The predicted molar refractivity (Wildman–Crippen MR) is 391 cm³/mol. The molecule has 0 unspecified atom stereocenters. The maximum atomic E-state index is 6.35. The highest BCUT2D eigenvalue weighted by molar-refractivity contribution is 6.32. The smallest absolute Gasteiger partial charge is 0.169 e. The van der Waals surface area contributed by atoms with Crippen LogP contribution in [0.1, 0.15) is 32.1 Å². The predicted octanol–water partition coefficient (Wildman–Crippen LogP) is 13.7. The third-order valence-electron chi connectivity index (χ3n) is 18.6. The highest BCUT2D eigenvalue weighted by atomic mass is 35.5. The van der Waals surface area contributed by atoms with Crippen LogP contribution in [0.15, 0.2) is 269 Å². The molecule has 14 nitrogen and oxygen atoms in total. The van der Waals surface area contributed by atoms with Crippen molar-refractivity contribution in [1.82, 2.24) is 9.97 Å². The van der Waals surface area contributed by atoms with Crippen LogP contribution in [-0.2, 0) is 52.4 Å². The second-order valence-corrected chi connectivity index (χ2v) is 26.2. The van der Waals surface area contributed by atoms with Gasteiger partial charge in [0.1, 0.15) is 24.6 Å². The summed E-state index contributed by atoms with van der Waals surface area (Å²) >= 11 is 12.7. The van der Waals surface area contributed by atoms with E-state index in [1.807, 2.05) is 72.8 Å². The van der Waals surface area contributed by atoms with Gasteiger partial charge in [-0.3, -0.25) is 0 Å². The fraction of sp³-hybridized carbons (Fsp3) is 0.205. The molecule has 2 N–H and O–H groups in total. The van der Waals surface area contributed by atoms with Crippen molar-refractivity contribution in [1.29, 1.82) is 0 Å². The number of halogens is 2. The Bertz CT molecular complexity index is 4750. The third kappa shape index (κ3) is 16.3. The topological polar surface area (TPSA) is 99.3 Å². The summed E-state index contributed by atoms with van der Waals surface area (Å²) in [6.07, 6.45) is 40.1. The van der Waals surface area contributed by atoms with Crippen LogP contribution in [0, 0.1) is 0 Å². The summed E-state index contributed by atoms with van der Waals surface area (Å²) in [5.74, 6) is 1.61. The van der Waals surface area contributed by atoms with E-state index < -0.39 is 0 Å². The molecule has 0 amide bonds. The maximum Gasteiger partial charge on any atom is 0.169 e. The molecule has 0 spiro atoms. The number of benzene rings is 4. The van der Waals surface area contributed by atoms with E-state index in [9.17, 15) is 0 Å². The number of ether oxygens (including phenoxy) is 2. The first-order valence-corrected chi connectivity index (χ1v) is 35.0. The Balaban J connectivity index is 0.468. The van der Waals surface area contributed by atoms with Gasteiger partial charge in [0.25, 0.3) is 0 Å². The Morgan fingerprint density at radius 1 is 0.273 bits per heavy atom. The minimum absolute atomic E-state index is 0.674. The molecule has 14 aromatic rings. The highest BCUT2D eigenvalue weighted by Gasteiger charge is 2.17. The zero-order valence-electron chi connectivity index (χ0n) is 56.1. The average Bonchev–Trinajstić information content (AvgIpc) is 0.777. The van der Waals surface area contributed by atoms with E-state index in [0.717, 1.165) is 164 Å². The van der Waals surface area contributed by atoms with Crippen LogP contribution in [0.2, 0.25) is 10.0 Å².